The molecule has 0 saturated carbocycles. The average molecular weight is 312 g/mol. The lowest BCUT2D eigenvalue weighted by Gasteiger charge is -2.23. The molecular formula is C14H12N6OS. The lowest BCUT2D eigenvalue weighted by molar-refractivity contribution is 0.165. The summed E-state index contributed by atoms with van der Waals surface area (Å²) in [7, 11) is 1.58. The highest BCUT2D eigenvalue weighted by atomic mass is 32.1. The van der Waals surface area contributed by atoms with Gasteiger partial charge in [0.15, 0.2) is 5.82 Å². The summed E-state index contributed by atoms with van der Waals surface area (Å²) in [6, 6.07) is 9.77. The number of carbonyl (C=O) groups excluding carboxylic acids is 1. The summed E-state index contributed by atoms with van der Waals surface area (Å²) < 4.78 is 0. The first kappa shape index (κ1) is 13.0. The Kier molecular flexibility index (Phi) is 2.90. The number of urea groups is 1. The molecule has 0 fully saturated rings. The fourth-order valence-electron chi connectivity index (χ4n) is 2.33. The van der Waals surface area contributed by atoms with Crippen LogP contribution in [0.2, 0.25) is 0 Å². The van der Waals surface area contributed by atoms with Gasteiger partial charge in [0.1, 0.15) is 10.7 Å². The van der Waals surface area contributed by atoms with Crippen LogP contribution >= 0.6 is 11.3 Å². The standard InChI is InChI=1S/C14H12N6OS/c1-19-14(21)20-8-15-11(12(20)17-18-19)13-16-10(7-22-13)9-5-3-2-4-6-9/h2-7,15H,8H2,1H3. The van der Waals surface area contributed by atoms with E-state index in [1.165, 1.54) is 16.3 Å². The van der Waals surface area contributed by atoms with E-state index in [4.69, 9.17) is 0 Å². The minimum Gasteiger partial charge on any atom is -0.362 e. The molecule has 8 heteroatoms. The van der Waals surface area contributed by atoms with Crippen molar-refractivity contribution in [2.24, 2.45) is 10.3 Å². The molecule has 2 aromatic rings. The summed E-state index contributed by atoms with van der Waals surface area (Å²) in [5, 5.41) is 15.1. The van der Waals surface area contributed by atoms with E-state index >= 15 is 0 Å². The highest BCUT2D eigenvalue weighted by molar-refractivity contribution is 7.11. The normalized spacial score (nSPS) is 17.0. The molecule has 4 rings (SSSR count). The molecule has 2 amide bonds. The van der Waals surface area contributed by atoms with Crippen LogP contribution in [-0.4, -0.2) is 34.6 Å². The Morgan fingerprint density at radius 1 is 1.27 bits per heavy atom. The monoisotopic (exact) mass is 312 g/mol. The third-order valence-electron chi connectivity index (χ3n) is 3.46. The van der Waals surface area contributed by atoms with Crippen molar-refractivity contribution in [3.8, 4) is 11.3 Å². The van der Waals surface area contributed by atoms with E-state index in [9.17, 15) is 4.79 Å². The van der Waals surface area contributed by atoms with Crippen LogP contribution in [-0.2, 0) is 0 Å². The molecule has 0 unspecified atom stereocenters. The van der Waals surface area contributed by atoms with Crippen molar-refractivity contribution in [2.45, 2.75) is 0 Å². The molecule has 0 aliphatic carbocycles. The molecule has 0 spiro atoms. The van der Waals surface area contributed by atoms with Crippen molar-refractivity contribution in [3.63, 3.8) is 0 Å². The largest absolute Gasteiger partial charge is 0.362 e. The summed E-state index contributed by atoms with van der Waals surface area (Å²) in [6.45, 7) is 0.382. The number of aromatic nitrogens is 1. The SMILES string of the molecule is CN1N=NC2=C(c3nc(-c4ccccc4)cs3)NCN2C1=O. The first-order valence-corrected chi connectivity index (χ1v) is 7.58. The predicted octanol–water partition coefficient (Wildman–Crippen LogP) is 2.73. The van der Waals surface area contributed by atoms with E-state index in [2.05, 4.69) is 20.6 Å². The van der Waals surface area contributed by atoms with Crippen LogP contribution in [0.5, 0.6) is 0 Å². The van der Waals surface area contributed by atoms with Crippen molar-refractivity contribution in [1.29, 1.82) is 0 Å². The van der Waals surface area contributed by atoms with Gasteiger partial charge in [0.2, 0.25) is 0 Å². The van der Waals surface area contributed by atoms with Crippen LogP contribution in [0.15, 0.2) is 51.9 Å². The van der Waals surface area contributed by atoms with E-state index in [1.54, 1.807) is 11.9 Å². The Labute approximate surface area is 130 Å². The molecule has 7 nitrogen and oxygen atoms in total. The number of benzene rings is 1. The number of hydrogen-bond donors (Lipinski definition) is 1. The lowest BCUT2D eigenvalue weighted by atomic mass is 10.2. The van der Waals surface area contributed by atoms with E-state index in [-0.39, 0.29) is 6.03 Å². The molecule has 0 saturated heterocycles. The van der Waals surface area contributed by atoms with Gasteiger partial charge in [0, 0.05) is 18.0 Å². The Hall–Kier alpha value is -2.74. The molecule has 0 bridgehead atoms. The number of hydrogen-bond acceptors (Lipinski definition) is 6. The number of carbonyl (C=O) groups is 1. The van der Waals surface area contributed by atoms with E-state index < -0.39 is 0 Å². The summed E-state index contributed by atoms with van der Waals surface area (Å²) in [6.07, 6.45) is 0. The van der Waals surface area contributed by atoms with Gasteiger partial charge in [-0.2, -0.15) is 5.01 Å². The van der Waals surface area contributed by atoms with Crippen LogP contribution < -0.4 is 5.32 Å². The second kappa shape index (κ2) is 4.92. The molecule has 2 aliphatic heterocycles. The molecule has 0 atom stereocenters. The molecule has 2 aliphatic rings. The van der Waals surface area contributed by atoms with Gasteiger partial charge in [0.05, 0.1) is 12.4 Å². The number of fused-ring (bicyclic) bond motifs is 1. The maximum absolute atomic E-state index is 12.0. The maximum atomic E-state index is 12.0. The molecule has 22 heavy (non-hydrogen) atoms. The second-order valence-corrected chi connectivity index (χ2v) is 5.72. The third-order valence-corrected chi connectivity index (χ3v) is 4.32. The average Bonchev–Trinajstić information content (AvgIpc) is 3.18. The van der Waals surface area contributed by atoms with Crippen LogP contribution in [0.4, 0.5) is 4.79 Å². The van der Waals surface area contributed by atoms with Gasteiger partial charge in [0.25, 0.3) is 0 Å². The molecule has 110 valence electrons. The Morgan fingerprint density at radius 3 is 2.91 bits per heavy atom. The van der Waals surface area contributed by atoms with Crippen LogP contribution in [0.3, 0.4) is 0 Å². The van der Waals surface area contributed by atoms with Gasteiger partial charge >= 0.3 is 6.03 Å². The quantitative estimate of drug-likeness (QED) is 0.926. The minimum atomic E-state index is -0.202. The molecular weight excluding hydrogens is 300 g/mol. The zero-order chi connectivity index (χ0) is 15.1. The summed E-state index contributed by atoms with van der Waals surface area (Å²) in [5.74, 6) is 0.525. The van der Waals surface area contributed by atoms with Crippen LogP contribution in [0, 0.1) is 0 Å². The Bertz CT molecular complexity index is 797. The lowest BCUT2D eigenvalue weighted by Crippen LogP contribution is -2.40. The first-order chi connectivity index (χ1) is 10.7. The Morgan fingerprint density at radius 2 is 2.09 bits per heavy atom. The molecule has 1 aromatic heterocycles. The zero-order valence-electron chi connectivity index (χ0n) is 11.7. The molecule has 3 heterocycles. The molecule has 1 N–H and O–H groups in total. The highest BCUT2D eigenvalue weighted by Crippen LogP contribution is 2.32. The fraction of sp³-hybridized carbons (Fsp3) is 0.143. The van der Waals surface area contributed by atoms with Crippen LogP contribution in [0.25, 0.3) is 17.0 Å². The number of amides is 2. The smallest absolute Gasteiger partial charge is 0.348 e. The first-order valence-electron chi connectivity index (χ1n) is 6.70. The number of nitrogens with one attached hydrogen (secondary N) is 1. The molecule has 0 radical (unpaired) electrons. The number of thiazole rings is 1. The van der Waals surface area contributed by atoms with Crippen molar-refractivity contribution in [2.75, 3.05) is 13.7 Å². The van der Waals surface area contributed by atoms with Gasteiger partial charge in [-0.1, -0.05) is 35.6 Å². The van der Waals surface area contributed by atoms with Gasteiger partial charge in [-0.05, 0) is 0 Å². The number of nitrogens with zero attached hydrogens (tertiary/aromatic N) is 5. The van der Waals surface area contributed by atoms with E-state index in [0.29, 0.717) is 12.5 Å². The predicted molar refractivity (Wildman–Crippen MR) is 82.3 cm³/mol. The Balaban J connectivity index is 1.73. The van der Waals surface area contributed by atoms with Gasteiger partial charge in [-0.15, -0.1) is 16.5 Å². The minimum absolute atomic E-state index is 0.202. The molecule has 1 aromatic carbocycles. The maximum Gasteiger partial charge on any atom is 0.348 e. The summed E-state index contributed by atoms with van der Waals surface area (Å²) >= 11 is 1.51. The van der Waals surface area contributed by atoms with Crippen molar-refractivity contribution >= 4 is 23.1 Å². The summed E-state index contributed by atoms with van der Waals surface area (Å²) in [5.41, 5.74) is 2.72. The van der Waals surface area contributed by atoms with Crippen molar-refractivity contribution < 1.29 is 4.79 Å². The van der Waals surface area contributed by atoms with Crippen LogP contribution in [0.1, 0.15) is 5.01 Å². The van der Waals surface area contributed by atoms with E-state index in [0.717, 1.165) is 22.0 Å². The summed E-state index contributed by atoms with van der Waals surface area (Å²) in [4.78, 5) is 18.2. The zero-order valence-corrected chi connectivity index (χ0v) is 12.5. The van der Waals surface area contributed by atoms with Crippen molar-refractivity contribution in [3.05, 3.63) is 46.5 Å². The second-order valence-electron chi connectivity index (χ2n) is 4.86. The van der Waals surface area contributed by atoms with E-state index in [1.807, 2.05) is 35.7 Å². The van der Waals surface area contributed by atoms with Gasteiger partial charge in [-0.25, -0.2) is 9.78 Å². The number of rotatable bonds is 2. The topological polar surface area (TPSA) is 73.2 Å². The highest BCUT2D eigenvalue weighted by Gasteiger charge is 2.34. The van der Waals surface area contributed by atoms with Crippen molar-refractivity contribution in [1.82, 2.24) is 20.2 Å². The third kappa shape index (κ3) is 1.96. The van der Waals surface area contributed by atoms with Gasteiger partial charge < -0.3 is 5.32 Å². The van der Waals surface area contributed by atoms with Gasteiger partial charge in [-0.3, -0.25) is 4.90 Å². The fourth-order valence-corrected chi connectivity index (χ4v) is 3.18.